The molecule has 0 unspecified atom stereocenters. The van der Waals surface area contributed by atoms with E-state index in [9.17, 15) is 30.4 Å². The number of benzene rings is 2. The van der Waals surface area contributed by atoms with Crippen LogP contribution in [-0.2, 0) is 27.5 Å². The van der Waals surface area contributed by atoms with Gasteiger partial charge in [0.25, 0.3) is 11.4 Å². The first-order chi connectivity index (χ1) is 10.4. The second kappa shape index (κ2) is 10.3. The minimum atomic E-state index is -0.542. The number of nitro benzene ring substituents is 2. The number of hydrogen-bond donors (Lipinski definition) is 0. The average Bonchev–Trinajstić information content (AvgIpc) is 2.51. The van der Waals surface area contributed by atoms with Gasteiger partial charge in [0.05, 0.1) is 9.85 Å². The van der Waals surface area contributed by atoms with Crippen LogP contribution >= 0.6 is 0 Å². The normalized spacial score (nSPS) is 8.64. The van der Waals surface area contributed by atoms with Crippen LogP contribution < -0.4 is 10.2 Å². The molecule has 2 aromatic carbocycles. The molecule has 0 saturated carbocycles. The summed E-state index contributed by atoms with van der Waals surface area (Å²) in [5.74, 6) is -0.434. The van der Waals surface area contributed by atoms with Crippen molar-refractivity contribution in [1.82, 2.24) is 0 Å². The Morgan fingerprint density at radius 3 is 1.05 bits per heavy atom. The van der Waals surface area contributed by atoms with Crippen LogP contribution in [0.25, 0.3) is 0 Å². The maximum absolute atomic E-state index is 10.4. The van der Waals surface area contributed by atoms with Crippen LogP contribution in [0.2, 0.25) is 0 Å². The number of nitrogens with zero attached hydrogens (tertiary/aromatic N) is 2. The maximum atomic E-state index is 10.4. The van der Waals surface area contributed by atoms with Gasteiger partial charge in [-0.3, -0.25) is 20.2 Å². The molecule has 0 saturated heterocycles. The summed E-state index contributed by atoms with van der Waals surface area (Å²) in [6, 6.07) is 9.39. The van der Waals surface area contributed by atoms with Gasteiger partial charge in [0, 0.05) is 24.3 Å². The van der Waals surface area contributed by atoms with Gasteiger partial charge in [-0.2, -0.15) is 0 Å². The molecule has 0 aromatic heterocycles. The summed E-state index contributed by atoms with van der Waals surface area (Å²) in [5.41, 5.74) is -0.112. The first kappa shape index (κ1) is 19.5. The van der Waals surface area contributed by atoms with Crippen LogP contribution in [-0.4, -0.2) is 9.85 Å². The van der Waals surface area contributed by atoms with Crippen molar-refractivity contribution in [3.63, 3.8) is 0 Å². The van der Waals surface area contributed by atoms with E-state index in [-0.39, 0.29) is 22.9 Å². The van der Waals surface area contributed by atoms with Gasteiger partial charge in [0.2, 0.25) is 0 Å². The van der Waals surface area contributed by atoms with Gasteiger partial charge in [-0.25, -0.2) is 0 Å². The molecule has 0 N–H and O–H groups in total. The van der Waals surface area contributed by atoms with Crippen LogP contribution in [0.4, 0.5) is 11.4 Å². The van der Waals surface area contributed by atoms with Crippen LogP contribution in [0.3, 0.4) is 0 Å². The molecule has 0 bridgehead atoms. The topological polar surface area (TPSA) is 149 Å². The van der Waals surface area contributed by atoms with E-state index in [1.54, 1.807) is 0 Å². The van der Waals surface area contributed by atoms with E-state index < -0.39 is 9.85 Å². The van der Waals surface area contributed by atoms with E-state index in [4.69, 9.17) is 2.81 Å². The molecule has 0 spiro atoms. The fraction of sp³-hybridized carbons (Fsp3) is 0. The Morgan fingerprint density at radius 1 is 0.636 bits per heavy atom. The average molecular weight is 383 g/mol. The van der Waals surface area contributed by atoms with Gasteiger partial charge in [-0.05, 0) is 0 Å². The minimum absolute atomic E-state index is 0.0559. The van der Waals surface area contributed by atoms with Crippen molar-refractivity contribution in [2.45, 2.75) is 0 Å². The van der Waals surface area contributed by atoms with E-state index in [0.717, 1.165) is 24.3 Å². The monoisotopic (exact) mass is 382 g/mol. The molecular formula is C12H8N2O7Zr. The molecule has 0 aliphatic rings. The second-order valence-electron chi connectivity index (χ2n) is 3.50. The van der Waals surface area contributed by atoms with E-state index in [1.165, 1.54) is 24.3 Å². The third-order valence-electron chi connectivity index (χ3n) is 2.10. The van der Waals surface area contributed by atoms with Crippen LogP contribution in [0.5, 0.6) is 11.5 Å². The number of hydrogen-bond acceptors (Lipinski definition) is 7. The van der Waals surface area contributed by atoms with Gasteiger partial charge in [-0.1, -0.05) is 24.3 Å². The summed E-state index contributed by atoms with van der Waals surface area (Å²) in [6.45, 7) is 0. The predicted molar refractivity (Wildman–Crippen MR) is 65.8 cm³/mol. The molecule has 2 rings (SSSR count). The molecule has 0 aliphatic carbocycles. The molecule has 0 radical (unpaired) electrons. The zero-order valence-electron chi connectivity index (χ0n) is 10.9. The van der Waals surface area contributed by atoms with Gasteiger partial charge in [0.1, 0.15) is 0 Å². The Balaban J connectivity index is 0.000000360. The second-order valence-corrected chi connectivity index (χ2v) is 3.50. The molecule has 112 valence electrons. The Bertz CT molecular complexity index is 561. The summed E-state index contributed by atoms with van der Waals surface area (Å²) in [6.07, 6.45) is 0. The molecule has 0 fully saturated rings. The quantitative estimate of drug-likeness (QED) is 0.558. The Hall–Kier alpha value is -2.48. The zero-order chi connectivity index (χ0) is 17.1. The molecule has 0 atom stereocenters. The SMILES string of the molecule is O=[N+]([O-])c1ccc([O-])cc1.O=[N+]([O-])c1ccc([O-])cc1.[O]=[Zr+2]. The van der Waals surface area contributed by atoms with Gasteiger partial charge >= 0.3 is 27.5 Å². The first-order valence-electron chi connectivity index (χ1n) is 5.43. The van der Waals surface area contributed by atoms with Crippen LogP contribution in [0.15, 0.2) is 48.5 Å². The third kappa shape index (κ3) is 7.34. The summed E-state index contributed by atoms with van der Waals surface area (Å²) in [7, 11) is 0. The van der Waals surface area contributed by atoms with Crippen molar-refractivity contribution < 1.29 is 47.6 Å². The molecular weight excluding hydrogens is 375 g/mol. The standard InChI is InChI=1S/2C6H5NO3.O.Zr/c2*8-6-3-1-5(2-4-6)7(9)10;;/h2*1-4,8H;;/q;;;+2/p-2. The van der Waals surface area contributed by atoms with E-state index in [0.29, 0.717) is 24.7 Å². The van der Waals surface area contributed by atoms with Gasteiger partial charge < -0.3 is 10.2 Å². The summed E-state index contributed by atoms with van der Waals surface area (Å²) in [5, 5.41) is 40.9. The zero-order valence-corrected chi connectivity index (χ0v) is 13.3. The third-order valence-corrected chi connectivity index (χ3v) is 2.10. The van der Waals surface area contributed by atoms with Crippen molar-refractivity contribution >= 4 is 11.4 Å². The van der Waals surface area contributed by atoms with Crippen molar-refractivity contribution in [1.29, 1.82) is 0 Å². The number of nitro groups is 2. The Morgan fingerprint density at radius 2 is 0.864 bits per heavy atom. The fourth-order valence-corrected chi connectivity index (χ4v) is 1.14. The van der Waals surface area contributed by atoms with Crippen LogP contribution in [0, 0.1) is 20.2 Å². The van der Waals surface area contributed by atoms with Crippen molar-refractivity contribution in [3.05, 3.63) is 68.8 Å². The molecule has 22 heavy (non-hydrogen) atoms. The van der Waals surface area contributed by atoms with E-state index in [2.05, 4.69) is 0 Å². The molecule has 0 heterocycles. The predicted octanol–water partition coefficient (Wildman–Crippen LogP) is 1.22. The fourth-order valence-electron chi connectivity index (χ4n) is 1.14. The van der Waals surface area contributed by atoms with E-state index >= 15 is 0 Å². The van der Waals surface area contributed by atoms with Gasteiger partial charge in [-0.15, -0.1) is 11.5 Å². The molecule has 2 aromatic rings. The first-order valence-corrected chi connectivity index (χ1v) is 6.44. The Labute approximate surface area is 139 Å². The van der Waals surface area contributed by atoms with Crippen molar-refractivity contribution in [3.8, 4) is 11.5 Å². The number of non-ortho nitro benzene ring substituents is 2. The van der Waals surface area contributed by atoms with Crippen LogP contribution in [0.1, 0.15) is 0 Å². The van der Waals surface area contributed by atoms with E-state index in [1.807, 2.05) is 0 Å². The summed E-state index contributed by atoms with van der Waals surface area (Å²) >= 11 is 0.300. The van der Waals surface area contributed by atoms with Gasteiger partial charge in [0.15, 0.2) is 0 Å². The Kier molecular flexibility index (Phi) is 9.12. The van der Waals surface area contributed by atoms with Crippen molar-refractivity contribution in [2.75, 3.05) is 0 Å². The summed E-state index contributed by atoms with van der Waals surface area (Å²) < 4.78 is 8.34. The molecule has 9 nitrogen and oxygen atoms in total. The number of rotatable bonds is 2. The van der Waals surface area contributed by atoms with Crippen molar-refractivity contribution in [2.24, 2.45) is 0 Å². The molecule has 0 aliphatic heterocycles. The molecule has 0 amide bonds. The molecule has 10 heteroatoms. The summed E-state index contributed by atoms with van der Waals surface area (Å²) in [4.78, 5) is 18.9.